The molecule has 0 amide bonds. The quantitative estimate of drug-likeness (QED) is 0.736. The molecule has 1 aliphatic carbocycles. The van der Waals surface area contributed by atoms with Crippen molar-refractivity contribution in [2.24, 2.45) is 0 Å². The second-order valence-corrected chi connectivity index (χ2v) is 4.57. The van der Waals surface area contributed by atoms with Gasteiger partial charge in [0.25, 0.3) is 0 Å². The highest BCUT2D eigenvalue weighted by atomic mass is 15.0. The van der Waals surface area contributed by atoms with E-state index in [2.05, 4.69) is 52.8 Å². The van der Waals surface area contributed by atoms with E-state index in [-0.39, 0.29) is 0 Å². The molecule has 0 radical (unpaired) electrons. The lowest BCUT2D eigenvalue weighted by Crippen LogP contribution is -2.15. The summed E-state index contributed by atoms with van der Waals surface area (Å²) >= 11 is 0. The summed E-state index contributed by atoms with van der Waals surface area (Å²) in [6.07, 6.45) is 6.35. The Labute approximate surface area is 100 Å². The highest BCUT2D eigenvalue weighted by molar-refractivity contribution is 5.68. The third-order valence-corrected chi connectivity index (χ3v) is 3.64. The maximum Gasteiger partial charge on any atom is 0.0795 e. The van der Waals surface area contributed by atoms with Gasteiger partial charge in [-0.2, -0.15) is 0 Å². The molecule has 0 bridgehead atoms. The first-order valence-corrected chi connectivity index (χ1v) is 5.92. The van der Waals surface area contributed by atoms with Gasteiger partial charge in [-0.3, -0.25) is 4.98 Å². The predicted molar refractivity (Wildman–Crippen MR) is 68.8 cm³/mol. The zero-order chi connectivity index (χ0) is 11.2. The van der Waals surface area contributed by atoms with Gasteiger partial charge in [-0.25, -0.2) is 0 Å². The fourth-order valence-electron chi connectivity index (χ4n) is 2.85. The molecular formula is C15H12N2. The molecule has 0 saturated heterocycles. The smallest absolute Gasteiger partial charge is 0.0795 e. The summed E-state index contributed by atoms with van der Waals surface area (Å²) < 4.78 is 0. The number of para-hydroxylation sites is 1. The van der Waals surface area contributed by atoms with E-state index in [4.69, 9.17) is 0 Å². The van der Waals surface area contributed by atoms with Crippen LogP contribution in [0.25, 0.3) is 6.08 Å². The topological polar surface area (TPSA) is 24.9 Å². The summed E-state index contributed by atoms with van der Waals surface area (Å²) in [5, 5.41) is 3.58. The number of pyridine rings is 1. The Hall–Kier alpha value is -2.09. The molecule has 17 heavy (non-hydrogen) atoms. The molecule has 1 aromatic heterocycles. The molecule has 4 rings (SSSR count). The number of anilines is 1. The Morgan fingerprint density at radius 3 is 3.00 bits per heavy atom. The van der Waals surface area contributed by atoms with Crippen molar-refractivity contribution in [3.05, 3.63) is 65.5 Å². The first kappa shape index (κ1) is 8.99. The van der Waals surface area contributed by atoms with Crippen molar-refractivity contribution in [3.8, 4) is 0 Å². The average molecular weight is 220 g/mol. The van der Waals surface area contributed by atoms with Gasteiger partial charge >= 0.3 is 0 Å². The highest BCUT2D eigenvalue weighted by Crippen LogP contribution is 2.47. The van der Waals surface area contributed by atoms with Crippen LogP contribution in [0.5, 0.6) is 0 Å². The van der Waals surface area contributed by atoms with Crippen molar-refractivity contribution in [2.75, 3.05) is 5.32 Å². The van der Waals surface area contributed by atoms with E-state index in [1.54, 1.807) is 0 Å². The van der Waals surface area contributed by atoms with Crippen LogP contribution in [0.4, 0.5) is 5.69 Å². The van der Waals surface area contributed by atoms with Crippen molar-refractivity contribution < 1.29 is 0 Å². The fraction of sp³-hybridized carbons (Fsp3) is 0.133. The third kappa shape index (κ3) is 1.18. The fourth-order valence-corrected chi connectivity index (χ4v) is 2.85. The molecule has 1 aliphatic heterocycles. The zero-order valence-corrected chi connectivity index (χ0v) is 9.30. The van der Waals surface area contributed by atoms with Crippen molar-refractivity contribution in [1.82, 2.24) is 4.98 Å². The molecule has 82 valence electrons. The first-order valence-electron chi connectivity index (χ1n) is 5.92. The summed E-state index contributed by atoms with van der Waals surface area (Å²) in [6.45, 7) is 0. The third-order valence-electron chi connectivity index (χ3n) is 3.64. The minimum atomic E-state index is 0.300. The lowest BCUT2D eigenvalue weighted by atomic mass is 9.86. The van der Waals surface area contributed by atoms with Crippen molar-refractivity contribution >= 4 is 11.8 Å². The van der Waals surface area contributed by atoms with Crippen molar-refractivity contribution in [1.29, 1.82) is 0 Å². The molecule has 2 aliphatic rings. The van der Waals surface area contributed by atoms with Crippen LogP contribution in [-0.2, 0) is 0 Å². The average Bonchev–Trinajstić information content (AvgIpc) is 2.78. The molecule has 2 nitrogen and oxygen atoms in total. The number of nitrogens with one attached hydrogen (secondary N) is 1. The molecule has 2 unspecified atom stereocenters. The zero-order valence-electron chi connectivity index (χ0n) is 9.30. The van der Waals surface area contributed by atoms with Gasteiger partial charge in [-0.1, -0.05) is 36.4 Å². The van der Waals surface area contributed by atoms with Gasteiger partial charge in [0.2, 0.25) is 0 Å². The number of hydrogen-bond donors (Lipinski definition) is 1. The van der Waals surface area contributed by atoms with Crippen LogP contribution in [0.1, 0.15) is 28.8 Å². The Bertz CT molecular complexity index is 616. The maximum absolute atomic E-state index is 4.53. The SMILES string of the molecule is C1=CC2c3ccccc3NC2c2ncccc21. The summed E-state index contributed by atoms with van der Waals surface area (Å²) in [6, 6.07) is 12.9. The van der Waals surface area contributed by atoms with Crippen molar-refractivity contribution in [3.63, 3.8) is 0 Å². The minimum absolute atomic E-state index is 0.300. The number of aromatic nitrogens is 1. The summed E-state index contributed by atoms with van der Waals surface area (Å²) in [5.74, 6) is 0.425. The summed E-state index contributed by atoms with van der Waals surface area (Å²) in [7, 11) is 0. The van der Waals surface area contributed by atoms with E-state index < -0.39 is 0 Å². The molecule has 0 spiro atoms. The maximum atomic E-state index is 4.53. The van der Waals surface area contributed by atoms with Crippen molar-refractivity contribution in [2.45, 2.75) is 12.0 Å². The lowest BCUT2D eigenvalue weighted by Gasteiger charge is -2.22. The molecule has 0 fully saturated rings. The number of rotatable bonds is 0. The predicted octanol–water partition coefficient (Wildman–Crippen LogP) is 3.36. The standard InChI is InChI=1S/C15H12N2/c1-2-6-13-11(5-1)12-8-7-10-4-3-9-16-14(10)15(12)17-13/h1-9,12,15,17H. The van der Waals surface area contributed by atoms with Crippen LogP contribution in [0.3, 0.4) is 0 Å². The van der Waals surface area contributed by atoms with E-state index in [1.807, 2.05) is 12.3 Å². The molecule has 1 aromatic carbocycles. The van der Waals surface area contributed by atoms with Gasteiger partial charge in [0.15, 0.2) is 0 Å². The number of nitrogens with zero attached hydrogens (tertiary/aromatic N) is 1. The van der Waals surface area contributed by atoms with Gasteiger partial charge < -0.3 is 5.32 Å². The van der Waals surface area contributed by atoms with Crippen LogP contribution in [0, 0.1) is 0 Å². The lowest BCUT2D eigenvalue weighted by molar-refractivity contribution is 0.701. The van der Waals surface area contributed by atoms with E-state index >= 15 is 0 Å². The normalized spacial score (nSPS) is 23.5. The monoisotopic (exact) mass is 220 g/mol. The first-order chi connectivity index (χ1) is 8.43. The van der Waals surface area contributed by atoms with Crippen LogP contribution < -0.4 is 5.32 Å². The minimum Gasteiger partial charge on any atom is -0.375 e. The molecule has 1 N–H and O–H groups in total. The molecule has 2 heterocycles. The number of hydrogen-bond acceptors (Lipinski definition) is 2. The van der Waals surface area contributed by atoms with E-state index in [9.17, 15) is 0 Å². The van der Waals surface area contributed by atoms with E-state index in [1.165, 1.54) is 16.8 Å². The molecule has 2 aromatic rings. The summed E-state index contributed by atoms with van der Waals surface area (Å²) in [5.41, 5.74) is 5.01. The Kier molecular flexibility index (Phi) is 1.69. The number of fused-ring (bicyclic) bond motifs is 5. The van der Waals surface area contributed by atoms with Gasteiger partial charge in [-0.05, 0) is 23.3 Å². The van der Waals surface area contributed by atoms with E-state index in [0.29, 0.717) is 12.0 Å². The molecule has 2 heteroatoms. The number of benzene rings is 1. The Morgan fingerprint density at radius 1 is 1.06 bits per heavy atom. The van der Waals surface area contributed by atoms with Crippen LogP contribution in [0.15, 0.2) is 48.7 Å². The van der Waals surface area contributed by atoms with Crippen LogP contribution in [0.2, 0.25) is 0 Å². The van der Waals surface area contributed by atoms with E-state index in [0.717, 1.165) is 5.69 Å². The van der Waals surface area contributed by atoms with Gasteiger partial charge in [-0.15, -0.1) is 0 Å². The Balaban J connectivity index is 1.90. The summed E-state index contributed by atoms with van der Waals surface area (Å²) in [4.78, 5) is 4.53. The Morgan fingerprint density at radius 2 is 2.00 bits per heavy atom. The second-order valence-electron chi connectivity index (χ2n) is 4.57. The largest absolute Gasteiger partial charge is 0.375 e. The molecular weight excluding hydrogens is 208 g/mol. The highest BCUT2D eigenvalue weighted by Gasteiger charge is 2.34. The van der Waals surface area contributed by atoms with Gasteiger partial charge in [0, 0.05) is 17.8 Å². The van der Waals surface area contributed by atoms with Crippen LogP contribution >= 0.6 is 0 Å². The second kappa shape index (κ2) is 3.20. The molecule has 0 saturated carbocycles. The molecule has 2 atom stereocenters. The van der Waals surface area contributed by atoms with Crippen LogP contribution in [-0.4, -0.2) is 4.98 Å². The van der Waals surface area contributed by atoms with Gasteiger partial charge in [0.1, 0.15) is 0 Å². The van der Waals surface area contributed by atoms with Gasteiger partial charge in [0.05, 0.1) is 11.7 Å².